The normalized spacial score (nSPS) is 12.0. The number of fused-ring (bicyclic) bond motifs is 3. The summed E-state index contributed by atoms with van der Waals surface area (Å²) in [4.78, 5) is 18.2. The predicted octanol–water partition coefficient (Wildman–Crippen LogP) is 4.92. The second kappa shape index (κ2) is 9.08. The lowest BCUT2D eigenvalue weighted by Crippen LogP contribution is -2.22. The van der Waals surface area contributed by atoms with Crippen LogP contribution in [0.2, 0.25) is 0 Å². The van der Waals surface area contributed by atoms with E-state index in [1.165, 1.54) is 16.9 Å². The summed E-state index contributed by atoms with van der Waals surface area (Å²) in [5.41, 5.74) is 4.94. The number of imidazole rings is 1. The van der Waals surface area contributed by atoms with Gasteiger partial charge in [-0.3, -0.25) is 4.79 Å². The first kappa shape index (κ1) is 21.2. The maximum Gasteiger partial charge on any atom is 0.274 e. The van der Waals surface area contributed by atoms with Crippen molar-refractivity contribution in [2.24, 2.45) is 0 Å². The van der Waals surface area contributed by atoms with Crippen molar-refractivity contribution in [1.29, 1.82) is 0 Å². The molecule has 33 heavy (non-hydrogen) atoms. The molecule has 0 saturated carbocycles. The van der Waals surface area contributed by atoms with Crippen molar-refractivity contribution in [3.8, 4) is 11.5 Å². The van der Waals surface area contributed by atoms with Gasteiger partial charge in [-0.25, -0.2) is 9.38 Å². The Morgan fingerprint density at radius 2 is 1.76 bits per heavy atom. The molecule has 0 aliphatic carbocycles. The minimum absolute atomic E-state index is 0.0344. The highest BCUT2D eigenvalue weighted by Gasteiger charge is 2.10. The molecule has 0 bridgehead atoms. The van der Waals surface area contributed by atoms with E-state index in [0.29, 0.717) is 17.7 Å². The van der Waals surface area contributed by atoms with Crippen LogP contribution in [0.5, 0.6) is 11.5 Å². The zero-order chi connectivity index (χ0) is 22.8. The van der Waals surface area contributed by atoms with Crippen LogP contribution in [0.25, 0.3) is 22.1 Å². The van der Waals surface area contributed by atoms with Crippen molar-refractivity contribution in [1.82, 2.24) is 9.38 Å². The summed E-state index contributed by atoms with van der Waals surface area (Å²) in [5, 5.41) is 0. The lowest BCUT2D eigenvalue weighted by atomic mass is 10.1. The third kappa shape index (κ3) is 4.47. The van der Waals surface area contributed by atoms with E-state index in [1.54, 1.807) is 4.40 Å². The fourth-order valence-corrected chi connectivity index (χ4v) is 4.70. The summed E-state index contributed by atoms with van der Waals surface area (Å²) in [7, 11) is 0. The smallest absolute Gasteiger partial charge is 0.274 e. The van der Waals surface area contributed by atoms with Crippen molar-refractivity contribution in [3.63, 3.8) is 0 Å². The third-order valence-corrected chi connectivity index (χ3v) is 6.45. The summed E-state index contributed by atoms with van der Waals surface area (Å²) < 4.78 is 14.1. The molecule has 5 nitrogen and oxygen atoms in total. The Morgan fingerprint density at radius 1 is 0.970 bits per heavy atom. The van der Waals surface area contributed by atoms with E-state index in [4.69, 9.17) is 9.47 Å². The fraction of sp³-hybridized carbons (Fsp3) is 0.185. The zero-order valence-corrected chi connectivity index (χ0v) is 19.4. The Bertz CT molecular complexity index is 1530. The molecule has 0 aliphatic rings. The number of nitrogens with zero attached hydrogens (tertiary/aromatic N) is 2. The van der Waals surface area contributed by atoms with Gasteiger partial charge in [0.05, 0.1) is 28.8 Å². The minimum Gasteiger partial charge on any atom is -0.493 e. The van der Waals surface area contributed by atoms with Crippen molar-refractivity contribution < 1.29 is 9.47 Å². The van der Waals surface area contributed by atoms with Gasteiger partial charge in [0, 0.05) is 6.42 Å². The number of rotatable bonds is 7. The van der Waals surface area contributed by atoms with Gasteiger partial charge in [0.25, 0.3) is 5.56 Å². The first-order valence-corrected chi connectivity index (χ1v) is 11.7. The fourth-order valence-electron chi connectivity index (χ4n) is 3.72. The van der Waals surface area contributed by atoms with Gasteiger partial charge >= 0.3 is 0 Å². The van der Waals surface area contributed by atoms with Gasteiger partial charge in [-0.15, -0.1) is 0 Å². The van der Waals surface area contributed by atoms with Crippen LogP contribution in [-0.4, -0.2) is 22.6 Å². The summed E-state index contributed by atoms with van der Waals surface area (Å²) in [6.45, 7) is 5.30. The van der Waals surface area contributed by atoms with E-state index < -0.39 is 0 Å². The number of benzene rings is 3. The number of hydrogen-bond donors (Lipinski definition) is 0. The van der Waals surface area contributed by atoms with Gasteiger partial charge in [-0.1, -0.05) is 47.7 Å². The molecule has 6 heteroatoms. The summed E-state index contributed by atoms with van der Waals surface area (Å²) >= 11 is 1.41. The maximum atomic E-state index is 12.9. The average molecular weight is 457 g/mol. The second-order valence-corrected chi connectivity index (χ2v) is 9.03. The third-order valence-electron chi connectivity index (χ3n) is 5.48. The molecule has 0 atom stereocenters. The van der Waals surface area contributed by atoms with Gasteiger partial charge in [0.2, 0.25) is 0 Å². The first-order valence-electron chi connectivity index (χ1n) is 10.9. The van der Waals surface area contributed by atoms with Gasteiger partial charge in [-0.2, -0.15) is 0 Å². The molecular formula is C27H24N2O3S. The number of aromatic nitrogens is 2. The standard InChI is InChI=1S/C27H24N2O3S/c1-18-8-9-19(2)24(16-18)32-15-5-14-31-21-12-10-20(11-13-21)17-25-26(30)29-23-7-4-3-6-22(23)28-27(29)33-25/h3-4,6-13,16-17H,5,14-15H2,1-2H3/b25-17-. The first-order chi connectivity index (χ1) is 16.1. The molecule has 2 aromatic heterocycles. The molecule has 5 aromatic rings. The molecule has 0 saturated heterocycles. The SMILES string of the molecule is Cc1ccc(C)c(OCCCOc2ccc(/C=c3\sc4nc5ccccc5n4c3=O)cc2)c1. The lowest BCUT2D eigenvalue weighted by Gasteiger charge is -2.10. The molecule has 3 aromatic carbocycles. The second-order valence-electron chi connectivity index (χ2n) is 8.02. The monoisotopic (exact) mass is 456 g/mol. The van der Waals surface area contributed by atoms with Crippen LogP contribution in [0.3, 0.4) is 0 Å². The number of para-hydroxylation sites is 2. The van der Waals surface area contributed by atoms with E-state index in [9.17, 15) is 4.79 Å². The molecule has 0 amide bonds. The molecule has 0 N–H and O–H groups in total. The Morgan fingerprint density at radius 3 is 2.61 bits per heavy atom. The predicted molar refractivity (Wildman–Crippen MR) is 134 cm³/mol. The molecule has 0 spiro atoms. The minimum atomic E-state index is -0.0344. The Balaban J connectivity index is 1.21. The van der Waals surface area contributed by atoms with Crippen LogP contribution in [0.15, 0.2) is 71.5 Å². The van der Waals surface area contributed by atoms with Crippen molar-refractivity contribution >= 4 is 33.4 Å². The molecule has 166 valence electrons. The summed E-state index contributed by atoms with van der Waals surface area (Å²) in [6, 6.07) is 21.7. The number of thiazole rings is 1. The molecule has 0 unspecified atom stereocenters. The van der Waals surface area contributed by atoms with Gasteiger partial charge in [0.1, 0.15) is 11.5 Å². The Hall–Kier alpha value is -3.64. The average Bonchev–Trinajstić information content (AvgIpc) is 3.33. The summed E-state index contributed by atoms with van der Waals surface area (Å²) in [6.07, 6.45) is 2.70. The zero-order valence-electron chi connectivity index (χ0n) is 18.6. The van der Waals surface area contributed by atoms with E-state index in [1.807, 2.05) is 54.6 Å². The Labute approximate surface area is 195 Å². The summed E-state index contributed by atoms with van der Waals surface area (Å²) in [5.74, 6) is 1.73. The largest absolute Gasteiger partial charge is 0.493 e. The van der Waals surface area contributed by atoms with Crippen LogP contribution < -0.4 is 19.6 Å². The van der Waals surface area contributed by atoms with Crippen molar-refractivity contribution in [2.45, 2.75) is 20.3 Å². The van der Waals surface area contributed by atoms with E-state index in [0.717, 1.165) is 45.0 Å². The van der Waals surface area contributed by atoms with Gasteiger partial charge in [0.15, 0.2) is 4.96 Å². The quantitative estimate of drug-likeness (QED) is 0.326. The Kier molecular flexibility index (Phi) is 5.84. The molecule has 5 rings (SSSR count). The van der Waals surface area contributed by atoms with Crippen LogP contribution >= 0.6 is 11.3 Å². The molecule has 0 fully saturated rings. The lowest BCUT2D eigenvalue weighted by molar-refractivity contribution is 0.246. The van der Waals surface area contributed by atoms with Crippen LogP contribution in [0.4, 0.5) is 0 Å². The molecular weight excluding hydrogens is 432 g/mol. The molecule has 0 radical (unpaired) electrons. The molecule has 0 aliphatic heterocycles. The topological polar surface area (TPSA) is 52.8 Å². The number of aryl methyl sites for hydroxylation is 2. The maximum absolute atomic E-state index is 12.9. The van der Waals surface area contributed by atoms with Crippen LogP contribution in [0.1, 0.15) is 23.1 Å². The van der Waals surface area contributed by atoms with Gasteiger partial charge in [-0.05, 0) is 66.9 Å². The molecule has 2 heterocycles. The highest BCUT2D eigenvalue weighted by Crippen LogP contribution is 2.20. The van der Waals surface area contributed by atoms with Crippen LogP contribution in [-0.2, 0) is 0 Å². The highest BCUT2D eigenvalue weighted by molar-refractivity contribution is 7.15. The highest BCUT2D eigenvalue weighted by atomic mass is 32.1. The van der Waals surface area contributed by atoms with E-state index in [-0.39, 0.29) is 5.56 Å². The number of ether oxygens (including phenoxy) is 2. The van der Waals surface area contributed by atoms with Crippen molar-refractivity contribution in [3.05, 3.63) is 98.3 Å². The van der Waals surface area contributed by atoms with Crippen molar-refractivity contribution in [2.75, 3.05) is 13.2 Å². The van der Waals surface area contributed by atoms with Crippen LogP contribution in [0, 0.1) is 13.8 Å². The van der Waals surface area contributed by atoms with Gasteiger partial charge < -0.3 is 9.47 Å². The van der Waals surface area contributed by atoms with E-state index >= 15 is 0 Å². The van der Waals surface area contributed by atoms with E-state index in [2.05, 4.69) is 37.0 Å². The number of hydrogen-bond acceptors (Lipinski definition) is 5.